The minimum Gasteiger partial charge on any atom is -0.444 e. The zero-order chi connectivity index (χ0) is 22.1. The predicted octanol–water partition coefficient (Wildman–Crippen LogP) is 4.12. The molecule has 1 amide bonds. The molecule has 0 bridgehead atoms. The molecule has 0 saturated carbocycles. The number of aliphatic imine (C=N–C) groups is 1. The second-order valence-corrected chi connectivity index (χ2v) is 9.36. The summed E-state index contributed by atoms with van der Waals surface area (Å²) in [6.45, 7) is 19.9. The first-order valence-electron chi connectivity index (χ1n) is 11.3. The molecule has 178 valence electrons. The third kappa shape index (κ3) is 10.5. The van der Waals surface area contributed by atoms with Crippen molar-refractivity contribution in [3.63, 3.8) is 0 Å². The van der Waals surface area contributed by atoms with Crippen LogP contribution in [0.25, 0.3) is 0 Å². The van der Waals surface area contributed by atoms with Crippen molar-refractivity contribution in [3.8, 4) is 0 Å². The molecule has 0 aromatic carbocycles. The predicted molar refractivity (Wildman–Crippen MR) is 137 cm³/mol. The van der Waals surface area contributed by atoms with Crippen LogP contribution in [0.1, 0.15) is 81.1 Å². The van der Waals surface area contributed by atoms with Gasteiger partial charge in [0, 0.05) is 31.7 Å². The SMILES string of the molecule is CCNC(=NCC(CC)(CC)NC(=O)OC(C)(C)C)NC1CCN(C(C)C)CC1.I. The molecular formula is C22H46IN5O2. The fourth-order valence-electron chi connectivity index (χ4n) is 3.51. The molecular weight excluding hydrogens is 493 g/mol. The number of halogens is 1. The summed E-state index contributed by atoms with van der Waals surface area (Å²) in [5, 5.41) is 10.0. The Bertz CT molecular complexity index is 522. The van der Waals surface area contributed by atoms with Gasteiger partial charge in [-0.2, -0.15) is 0 Å². The van der Waals surface area contributed by atoms with E-state index in [-0.39, 0.29) is 30.1 Å². The average molecular weight is 540 g/mol. The van der Waals surface area contributed by atoms with Crippen molar-refractivity contribution in [3.05, 3.63) is 0 Å². The fraction of sp³-hybridized carbons (Fsp3) is 0.909. The van der Waals surface area contributed by atoms with E-state index in [9.17, 15) is 4.79 Å². The number of piperidine rings is 1. The Hall–Kier alpha value is -0.770. The molecule has 1 aliphatic rings. The number of likely N-dealkylation sites (tertiary alicyclic amines) is 1. The lowest BCUT2D eigenvalue weighted by atomic mass is 9.93. The zero-order valence-electron chi connectivity index (χ0n) is 20.4. The molecule has 0 spiro atoms. The van der Waals surface area contributed by atoms with Crippen molar-refractivity contribution in [1.29, 1.82) is 0 Å². The van der Waals surface area contributed by atoms with Gasteiger partial charge in [-0.05, 0) is 67.2 Å². The molecule has 0 unspecified atom stereocenters. The summed E-state index contributed by atoms with van der Waals surface area (Å²) in [5.41, 5.74) is -0.923. The van der Waals surface area contributed by atoms with Crippen LogP contribution >= 0.6 is 24.0 Å². The normalized spacial score (nSPS) is 16.8. The second-order valence-electron chi connectivity index (χ2n) is 9.36. The quantitative estimate of drug-likeness (QED) is 0.246. The van der Waals surface area contributed by atoms with Gasteiger partial charge in [-0.25, -0.2) is 4.79 Å². The Labute approximate surface area is 201 Å². The number of rotatable bonds is 8. The molecule has 1 fully saturated rings. The molecule has 0 aromatic heterocycles. The van der Waals surface area contributed by atoms with Crippen molar-refractivity contribution in [1.82, 2.24) is 20.9 Å². The van der Waals surface area contributed by atoms with Crippen molar-refractivity contribution in [2.75, 3.05) is 26.2 Å². The maximum absolute atomic E-state index is 12.3. The molecule has 1 saturated heterocycles. The number of guanidine groups is 1. The van der Waals surface area contributed by atoms with Crippen LogP contribution in [0.15, 0.2) is 4.99 Å². The third-order valence-electron chi connectivity index (χ3n) is 5.60. The lowest BCUT2D eigenvalue weighted by Gasteiger charge is -2.36. The number of carbonyl (C=O) groups excluding carboxylic acids is 1. The number of hydrogen-bond acceptors (Lipinski definition) is 4. The highest BCUT2D eigenvalue weighted by atomic mass is 127. The zero-order valence-corrected chi connectivity index (χ0v) is 22.8. The van der Waals surface area contributed by atoms with Gasteiger partial charge in [0.05, 0.1) is 12.1 Å². The summed E-state index contributed by atoms with van der Waals surface area (Å²) in [5.74, 6) is 0.827. The van der Waals surface area contributed by atoms with Crippen LogP contribution in [-0.4, -0.2) is 66.4 Å². The fourth-order valence-corrected chi connectivity index (χ4v) is 3.51. The molecule has 1 rings (SSSR count). The monoisotopic (exact) mass is 539 g/mol. The first kappa shape index (κ1) is 29.2. The highest BCUT2D eigenvalue weighted by Gasteiger charge is 2.31. The summed E-state index contributed by atoms with van der Waals surface area (Å²) in [6, 6.07) is 1.03. The first-order valence-corrected chi connectivity index (χ1v) is 11.3. The van der Waals surface area contributed by atoms with Crippen molar-refractivity contribution >= 4 is 36.0 Å². The summed E-state index contributed by atoms with van der Waals surface area (Å²) in [7, 11) is 0. The Morgan fingerprint density at radius 1 is 1.13 bits per heavy atom. The second kappa shape index (κ2) is 13.6. The number of amides is 1. The Balaban J connectivity index is 0.00000841. The molecule has 1 aliphatic heterocycles. The third-order valence-corrected chi connectivity index (χ3v) is 5.60. The van der Waals surface area contributed by atoms with Gasteiger partial charge in [0.25, 0.3) is 0 Å². The van der Waals surface area contributed by atoms with Gasteiger partial charge >= 0.3 is 6.09 Å². The van der Waals surface area contributed by atoms with Gasteiger partial charge in [-0.15, -0.1) is 24.0 Å². The highest BCUT2D eigenvalue weighted by molar-refractivity contribution is 14.0. The Kier molecular flexibility index (Phi) is 13.3. The van der Waals surface area contributed by atoms with Gasteiger partial charge in [-0.3, -0.25) is 4.99 Å². The van der Waals surface area contributed by atoms with E-state index in [2.05, 4.69) is 55.5 Å². The van der Waals surface area contributed by atoms with Gasteiger partial charge in [0.15, 0.2) is 5.96 Å². The smallest absolute Gasteiger partial charge is 0.408 e. The van der Waals surface area contributed by atoms with E-state index >= 15 is 0 Å². The average Bonchev–Trinajstić information content (AvgIpc) is 2.64. The molecule has 0 aromatic rings. The van der Waals surface area contributed by atoms with Crippen molar-refractivity contribution < 1.29 is 9.53 Å². The molecule has 7 nitrogen and oxygen atoms in total. The summed E-state index contributed by atoms with van der Waals surface area (Å²) in [4.78, 5) is 19.7. The lowest BCUT2D eigenvalue weighted by molar-refractivity contribution is 0.0451. The number of nitrogens with zero attached hydrogens (tertiary/aromatic N) is 2. The molecule has 3 N–H and O–H groups in total. The van der Waals surface area contributed by atoms with Crippen LogP contribution in [0.4, 0.5) is 4.79 Å². The molecule has 30 heavy (non-hydrogen) atoms. The van der Waals surface area contributed by atoms with E-state index in [4.69, 9.17) is 9.73 Å². The topological polar surface area (TPSA) is 78.0 Å². The largest absolute Gasteiger partial charge is 0.444 e. The standard InChI is InChI=1S/C22H45N5O2.HI/c1-9-22(10-2,26-20(28)29-21(6,7)8)16-24-19(23-11-3)25-18-12-14-27(15-13-18)17(4)5;/h17-18H,9-16H2,1-8H3,(H,26,28)(H2,23,24,25);1H. The van der Waals surface area contributed by atoms with Gasteiger partial charge in [0.1, 0.15) is 5.60 Å². The van der Waals surface area contributed by atoms with Crippen LogP contribution in [0.3, 0.4) is 0 Å². The highest BCUT2D eigenvalue weighted by Crippen LogP contribution is 2.18. The Morgan fingerprint density at radius 2 is 1.70 bits per heavy atom. The molecule has 0 radical (unpaired) electrons. The van der Waals surface area contributed by atoms with Crippen LogP contribution in [-0.2, 0) is 4.74 Å². The molecule has 0 aliphatic carbocycles. The lowest BCUT2D eigenvalue weighted by Crippen LogP contribution is -2.53. The van der Waals surface area contributed by atoms with E-state index in [0.717, 1.165) is 51.3 Å². The minimum atomic E-state index is -0.512. The number of hydrogen-bond donors (Lipinski definition) is 3. The van der Waals surface area contributed by atoms with Gasteiger partial charge in [-0.1, -0.05) is 13.8 Å². The van der Waals surface area contributed by atoms with E-state index in [0.29, 0.717) is 18.6 Å². The Morgan fingerprint density at radius 3 is 2.13 bits per heavy atom. The van der Waals surface area contributed by atoms with E-state index < -0.39 is 11.1 Å². The summed E-state index contributed by atoms with van der Waals surface area (Å²) in [6.07, 6.45) is 3.43. The van der Waals surface area contributed by atoms with Gasteiger partial charge < -0.3 is 25.6 Å². The van der Waals surface area contributed by atoms with Crippen LogP contribution in [0, 0.1) is 0 Å². The number of alkyl carbamates (subject to hydrolysis) is 1. The van der Waals surface area contributed by atoms with Crippen molar-refractivity contribution in [2.24, 2.45) is 4.99 Å². The van der Waals surface area contributed by atoms with Crippen molar-refractivity contribution in [2.45, 2.75) is 104 Å². The van der Waals surface area contributed by atoms with Gasteiger partial charge in [0.2, 0.25) is 0 Å². The molecule has 8 heteroatoms. The van der Waals surface area contributed by atoms with E-state index in [1.807, 2.05) is 20.8 Å². The molecule has 1 heterocycles. The maximum Gasteiger partial charge on any atom is 0.408 e. The van der Waals surface area contributed by atoms with Crippen LogP contribution < -0.4 is 16.0 Å². The summed E-state index contributed by atoms with van der Waals surface area (Å²) >= 11 is 0. The number of nitrogens with one attached hydrogen (secondary N) is 3. The van der Waals surface area contributed by atoms with Crippen LogP contribution in [0.2, 0.25) is 0 Å². The van der Waals surface area contributed by atoms with Crippen LogP contribution in [0.5, 0.6) is 0 Å². The summed E-state index contributed by atoms with van der Waals surface area (Å²) < 4.78 is 5.47. The maximum atomic E-state index is 12.3. The minimum absolute atomic E-state index is 0. The number of carbonyl (C=O) groups is 1. The number of ether oxygens (including phenoxy) is 1. The molecule has 0 atom stereocenters. The first-order chi connectivity index (χ1) is 13.5. The van der Waals surface area contributed by atoms with E-state index in [1.54, 1.807) is 0 Å². The van der Waals surface area contributed by atoms with E-state index in [1.165, 1.54) is 0 Å².